The lowest BCUT2D eigenvalue weighted by atomic mass is 9.91. The van der Waals surface area contributed by atoms with E-state index in [1.54, 1.807) is 4.90 Å². The summed E-state index contributed by atoms with van der Waals surface area (Å²) in [4.78, 5) is 15.1. The van der Waals surface area contributed by atoms with E-state index in [0.29, 0.717) is 0 Å². The van der Waals surface area contributed by atoms with Crippen LogP contribution in [-0.2, 0) is 0 Å². The van der Waals surface area contributed by atoms with Crippen molar-refractivity contribution in [2.75, 3.05) is 19.0 Å². The van der Waals surface area contributed by atoms with E-state index in [2.05, 4.69) is 19.2 Å². The molecular weight excluding hydrogens is 288 g/mol. The number of hydrogen-bond donors (Lipinski definition) is 2. The topological polar surface area (TPSA) is 52.6 Å². The molecule has 0 aliphatic carbocycles. The van der Waals surface area contributed by atoms with Crippen molar-refractivity contribution >= 4 is 11.6 Å². The molecule has 0 bridgehead atoms. The van der Waals surface area contributed by atoms with Crippen molar-refractivity contribution in [3.8, 4) is 0 Å². The summed E-state index contributed by atoms with van der Waals surface area (Å²) in [6, 6.07) is -0.159. The van der Waals surface area contributed by atoms with Crippen LogP contribution in [0.5, 0.6) is 0 Å². The van der Waals surface area contributed by atoms with Crippen molar-refractivity contribution in [2.24, 2.45) is 0 Å². The minimum Gasteiger partial charge on any atom is -0.394 e. The van der Waals surface area contributed by atoms with Crippen LogP contribution in [0.4, 0.5) is 5.69 Å². The van der Waals surface area contributed by atoms with Gasteiger partial charge in [-0.2, -0.15) is 0 Å². The minimum absolute atomic E-state index is 0.0157. The van der Waals surface area contributed by atoms with Crippen LogP contribution in [0.15, 0.2) is 11.3 Å². The van der Waals surface area contributed by atoms with E-state index in [-0.39, 0.29) is 18.6 Å². The third-order valence-corrected chi connectivity index (χ3v) is 5.47. The van der Waals surface area contributed by atoms with Gasteiger partial charge in [0.25, 0.3) is 5.91 Å². The second-order valence-corrected chi connectivity index (χ2v) is 6.58. The number of hydrogen-bond acceptors (Lipinski definition) is 3. The maximum Gasteiger partial charge on any atom is 0.260 e. The van der Waals surface area contributed by atoms with Gasteiger partial charge in [0, 0.05) is 12.7 Å². The number of nitrogens with zero attached hydrogens (tertiary/aromatic N) is 1. The molecule has 1 aromatic carbocycles. The van der Waals surface area contributed by atoms with Crippen molar-refractivity contribution < 1.29 is 9.90 Å². The number of aliphatic hydroxyl groups excluding tert-OH is 1. The third kappa shape index (κ3) is 2.65. The van der Waals surface area contributed by atoms with Gasteiger partial charge in [-0.15, -0.1) is 0 Å². The predicted molar refractivity (Wildman–Crippen MR) is 95.0 cm³/mol. The van der Waals surface area contributed by atoms with Gasteiger partial charge in [0.15, 0.2) is 0 Å². The van der Waals surface area contributed by atoms with Gasteiger partial charge < -0.3 is 15.3 Å². The van der Waals surface area contributed by atoms with Crippen LogP contribution in [0.1, 0.15) is 52.9 Å². The standard InChI is InChI=1S/C19H28N2O2/c1-10-8-16(9-22)21(15(10)6)19(23)17-13(4)11(2)12(3)14(5)18(17)20-7/h16,20,22H,8-9H2,1-7H3. The van der Waals surface area contributed by atoms with Crippen molar-refractivity contribution in [2.45, 2.75) is 54.0 Å². The number of aliphatic hydroxyl groups is 1. The maximum atomic E-state index is 13.3. The molecule has 1 aliphatic rings. The Balaban J connectivity index is 2.64. The second-order valence-electron chi connectivity index (χ2n) is 6.58. The van der Waals surface area contributed by atoms with Crippen LogP contribution < -0.4 is 5.32 Å². The molecule has 0 spiro atoms. The molecule has 2 N–H and O–H groups in total. The molecule has 1 heterocycles. The summed E-state index contributed by atoms with van der Waals surface area (Å²) in [5.41, 5.74) is 8.24. The molecular formula is C19H28N2O2. The Morgan fingerprint density at radius 3 is 2.17 bits per heavy atom. The van der Waals surface area contributed by atoms with E-state index < -0.39 is 0 Å². The van der Waals surface area contributed by atoms with Gasteiger partial charge in [-0.05, 0) is 70.2 Å². The zero-order chi connectivity index (χ0) is 17.5. The fourth-order valence-electron chi connectivity index (χ4n) is 3.55. The van der Waals surface area contributed by atoms with Gasteiger partial charge >= 0.3 is 0 Å². The number of carbonyl (C=O) groups excluding carboxylic acids is 1. The number of allylic oxidation sites excluding steroid dienone is 1. The molecule has 1 atom stereocenters. The molecule has 1 unspecified atom stereocenters. The molecule has 1 aliphatic heterocycles. The molecule has 0 saturated carbocycles. The summed E-state index contributed by atoms with van der Waals surface area (Å²) in [6.45, 7) is 12.2. The first-order chi connectivity index (χ1) is 10.8. The third-order valence-electron chi connectivity index (χ3n) is 5.47. The second kappa shape index (κ2) is 6.36. The normalized spacial score (nSPS) is 17.9. The Bertz CT molecular complexity index is 689. The van der Waals surface area contributed by atoms with Crippen LogP contribution in [0, 0.1) is 27.7 Å². The van der Waals surface area contributed by atoms with Gasteiger partial charge in [0.2, 0.25) is 0 Å². The van der Waals surface area contributed by atoms with Crippen molar-refractivity contribution in [3.05, 3.63) is 39.1 Å². The van der Waals surface area contributed by atoms with Gasteiger partial charge in [0.1, 0.15) is 0 Å². The van der Waals surface area contributed by atoms with Crippen LogP contribution >= 0.6 is 0 Å². The van der Waals surface area contributed by atoms with Crippen LogP contribution in [0.2, 0.25) is 0 Å². The highest BCUT2D eigenvalue weighted by molar-refractivity contribution is 6.03. The molecule has 0 fully saturated rings. The number of nitrogens with one attached hydrogen (secondary N) is 1. The summed E-state index contributed by atoms with van der Waals surface area (Å²) in [6.07, 6.45) is 0.742. The van der Waals surface area contributed by atoms with E-state index in [9.17, 15) is 9.90 Å². The molecule has 2 rings (SSSR count). The zero-order valence-corrected chi connectivity index (χ0v) is 15.3. The van der Waals surface area contributed by atoms with Crippen LogP contribution in [-0.4, -0.2) is 35.6 Å². The number of anilines is 1. The summed E-state index contributed by atoms with van der Waals surface area (Å²) in [5, 5.41) is 12.9. The first kappa shape index (κ1) is 17.5. The first-order valence-electron chi connectivity index (χ1n) is 8.15. The summed E-state index contributed by atoms with van der Waals surface area (Å²) in [5.74, 6) is -0.0218. The molecule has 4 heteroatoms. The van der Waals surface area contributed by atoms with Gasteiger partial charge in [-0.25, -0.2) is 0 Å². The summed E-state index contributed by atoms with van der Waals surface area (Å²) < 4.78 is 0. The molecule has 0 saturated heterocycles. The molecule has 126 valence electrons. The smallest absolute Gasteiger partial charge is 0.260 e. The number of benzene rings is 1. The van der Waals surface area contributed by atoms with Crippen LogP contribution in [0.3, 0.4) is 0 Å². The average molecular weight is 316 g/mol. The largest absolute Gasteiger partial charge is 0.394 e. The lowest BCUT2D eigenvalue weighted by molar-refractivity contribution is 0.0710. The highest BCUT2D eigenvalue weighted by Crippen LogP contribution is 2.35. The maximum absolute atomic E-state index is 13.3. The summed E-state index contributed by atoms with van der Waals surface area (Å²) in [7, 11) is 1.86. The summed E-state index contributed by atoms with van der Waals surface area (Å²) >= 11 is 0. The number of amides is 1. The Morgan fingerprint density at radius 1 is 1.09 bits per heavy atom. The molecule has 0 aromatic heterocycles. The monoisotopic (exact) mass is 316 g/mol. The SMILES string of the molecule is CNc1c(C)c(C)c(C)c(C)c1C(=O)N1C(C)=C(C)CC1CO. The lowest BCUT2D eigenvalue weighted by Crippen LogP contribution is -2.38. The van der Waals surface area contributed by atoms with Gasteiger partial charge in [-0.3, -0.25) is 4.79 Å². The van der Waals surface area contributed by atoms with E-state index in [1.165, 1.54) is 11.1 Å². The Kier molecular flexibility index (Phi) is 4.85. The van der Waals surface area contributed by atoms with E-state index >= 15 is 0 Å². The fraction of sp³-hybridized carbons (Fsp3) is 0.526. The molecule has 0 radical (unpaired) electrons. The van der Waals surface area contributed by atoms with Crippen LogP contribution in [0.25, 0.3) is 0 Å². The first-order valence-corrected chi connectivity index (χ1v) is 8.15. The lowest BCUT2D eigenvalue weighted by Gasteiger charge is -2.28. The molecule has 1 aromatic rings. The Morgan fingerprint density at radius 2 is 1.65 bits per heavy atom. The molecule has 4 nitrogen and oxygen atoms in total. The quantitative estimate of drug-likeness (QED) is 0.898. The number of rotatable bonds is 3. The minimum atomic E-state index is -0.159. The zero-order valence-electron chi connectivity index (χ0n) is 15.3. The van der Waals surface area contributed by atoms with E-state index in [4.69, 9.17) is 0 Å². The van der Waals surface area contributed by atoms with E-state index in [1.807, 2.05) is 34.7 Å². The highest BCUT2D eigenvalue weighted by Gasteiger charge is 2.34. The molecule has 23 heavy (non-hydrogen) atoms. The van der Waals surface area contributed by atoms with Crippen molar-refractivity contribution in [1.29, 1.82) is 0 Å². The molecule has 1 amide bonds. The van der Waals surface area contributed by atoms with Gasteiger partial charge in [-0.1, -0.05) is 5.57 Å². The average Bonchev–Trinajstić information content (AvgIpc) is 2.82. The highest BCUT2D eigenvalue weighted by atomic mass is 16.3. The Labute approximate surface area is 139 Å². The van der Waals surface area contributed by atoms with Crippen molar-refractivity contribution in [3.63, 3.8) is 0 Å². The van der Waals surface area contributed by atoms with E-state index in [0.717, 1.165) is 40.1 Å². The number of carbonyl (C=O) groups is 1. The fourth-order valence-corrected chi connectivity index (χ4v) is 3.55. The van der Waals surface area contributed by atoms with Crippen molar-refractivity contribution in [1.82, 2.24) is 4.90 Å². The Hall–Kier alpha value is -1.81. The van der Waals surface area contributed by atoms with Gasteiger partial charge in [0.05, 0.1) is 23.9 Å². The predicted octanol–water partition coefficient (Wildman–Crippen LogP) is 3.46.